The van der Waals surface area contributed by atoms with Gasteiger partial charge in [0.25, 0.3) is 0 Å². The van der Waals surface area contributed by atoms with Gasteiger partial charge in [0.05, 0.1) is 0 Å². The molecular weight excluding hydrogens is 292 g/mol. The lowest BCUT2D eigenvalue weighted by Gasteiger charge is -2.34. The highest BCUT2D eigenvalue weighted by molar-refractivity contribution is 8.01. The Labute approximate surface area is 137 Å². The number of piperidine rings is 1. The minimum absolute atomic E-state index is 0.674. The lowest BCUT2D eigenvalue weighted by atomic mass is 9.93. The Kier molecular flexibility index (Phi) is 3.81. The van der Waals surface area contributed by atoms with E-state index < -0.39 is 0 Å². The van der Waals surface area contributed by atoms with E-state index in [-0.39, 0.29) is 0 Å². The summed E-state index contributed by atoms with van der Waals surface area (Å²) in [5.74, 6) is 0. The van der Waals surface area contributed by atoms with Crippen LogP contribution in [0.25, 0.3) is 0 Å². The number of hydrogen-bond acceptors (Lipinski definition) is 4. The summed E-state index contributed by atoms with van der Waals surface area (Å²) in [5.41, 5.74) is 3.74. The van der Waals surface area contributed by atoms with E-state index >= 15 is 0 Å². The van der Waals surface area contributed by atoms with Gasteiger partial charge in [-0.15, -0.1) is 0 Å². The fraction of sp³-hybridized carbons (Fsp3) is 0.611. The zero-order valence-electron chi connectivity index (χ0n) is 13.0. The Morgan fingerprint density at radius 2 is 1.95 bits per heavy atom. The summed E-state index contributed by atoms with van der Waals surface area (Å²) in [7, 11) is 0. The monoisotopic (exact) mass is 316 g/mol. The van der Waals surface area contributed by atoms with Gasteiger partial charge < -0.3 is 9.62 Å². The molecule has 1 N–H and O–H groups in total. The maximum Gasteiger partial charge on any atom is 0.152 e. The Morgan fingerprint density at radius 3 is 2.55 bits per heavy atom. The molecule has 3 nitrogen and oxygen atoms in total. The number of anilines is 2. The maximum atomic E-state index is 11.4. The molecule has 1 heterocycles. The number of nitrogens with one attached hydrogen (secondary N) is 1. The van der Waals surface area contributed by atoms with E-state index in [1.165, 1.54) is 44.9 Å². The third-order valence-electron chi connectivity index (χ3n) is 5.67. The van der Waals surface area contributed by atoms with Crippen LogP contribution in [0.3, 0.4) is 0 Å². The topological polar surface area (TPSA) is 32.3 Å². The molecule has 2 saturated carbocycles. The second kappa shape index (κ2) is 5.80. The van der Waals surface area contributed by atoms with Crippen molar-refractivity contribution >= 4 is 29.6 Å². The van der Waals surface area contributed by atoms with Gasteiger partial charge in [0.1, 0.15) is 0 Å². The molecule has 0 atom stereocenters. The molecule has 0 amide bonds. The van der Waals surface area contributed by atoms with Gasteiger partial charge in [-0.25, -0.2) is 0 Å². The Hall–Kier alpha value is -1.16. The molecule has 0 unspecified atom stereocenters. The average Bonchev–Trinajstić information content (AvgIpc) is 3.26. The number of nitrogens with zero attached hydrogens (tertiary/aromatic N) is 1. The summed E-state index contributed by atoms with van der Waals surface area (Å²) in [6.45, 7) is 2.19. The van der Waals surface area contributed by atoms with Crippen molar-refractivity contribution in [2.45, 2.75) is 50.2 Å². The normalized spacial score (nSPS) is 23.2. The first-order chi connectivity index (χ1) is 10.8. The van der Waals surface area contributed by atoms with E-state index in [0.717, 1.165) is 41.6 Å². The fourth-order valence-electron chi connectivity index (χ4n) is 3.52. The summed E-state index contributed by atoms with van der Waals surface area (Å²) >= 11 is 1.84. The van der Waals surface area contributed by atoms with Crippen molar-refractivity contribution in [3.63, 3.8) is 0 Å². The van der Waals surface area contributed by atoms with Crippen LogP contribution in [0.2, 0.25) is 0 Å². The van der Waals surface area contributed by atoms with Crippen molar-refractivity contribution < 1.29 is 4.79 Å². The van der Waals surface area contributed by atoms with Gasteiger partial charge in [-0.1, -0.05) is 6.42 Å². The van der Waals surface area contributed by atoms with Crippen LogP contribution >= 0.6 is 11.9 Å². The number of hydrogen-bond donors (Lipinski definition) is 1. The first kappa shape index (κ1) is 14.4. The lowest BCUT2D eigenvalue weighted by Crippen LogP contribution is -2.35. The molecule has 1 spiro atoms. The first-order valence-corrected chi connectivity index (χ1v) is 9.42. The second-order valence-electron chi connectivity index (χ2n) is 7.15. The van der Waals surface area contributed by atoms with Crippen LogP contribution < -0.4 is 9.62 Å². The molecule has 4 heteroatoms. The summed E-state index contributed by atoms with van der Waals surface area (Å²) < 4.78 is 3.48. The van der Waals surface area contributed by atoms with Crippen molar-refractivity contribution in [2.24, 2.45) is 5.41 Å². The molecule has 0 radical (unpaired) electrons. The number of carbonyl (C=O) groups is 1. The van der Waals surface area contributed by atoms with Gasteiger partial charge in [-0.2, -0.15) is 0 Å². The zero-order chi connectivity index (χ0) is 15.0. The van der Waals surface area contributed by atoms with E-state index in [9.17, 15) is 4.79 Å². The van der Waals surface area contributed by atoms with Crippen LogP contribution in [0, 0.1) is 5.41 Å². The molecular formula is C18H24N2OS. The predicted molar refractivity (Wildman–Crippen MR) is 93.8 cm³/mol. The SMILES string of the molecule is O=Cc1ccc(NSC2CCC2)cc1N1CCC2(CC1)CC2. The van der Waals surface area contributed by atoms with Crippen LogP contribution in [-0.4, -0.2) is 24.6 Å². The standard InChI is InChI=1S/C18H24N2OS/c21-13-14-4-5-15(19-22-16-2-1-3-16)12-17(14)20-10-8-18(6-7-18)9-11-20/h4-5,12-13,16,19H,1-3,6-11H2. The summed E-state index contributed by atoms with van der Waals surface area (Å²) in [6.07, 6.45) is 10.4. The maximum absolute atomic E-state index is 11.4. The Morgan fingerprint density at radius 1 is 1.18 bits per heavy atom. The molecule has 1 aromatic rings. The molecule has 3 fully saturated rings. The Balaban J connectivity index is 1.47. The summed E-state index contributed by atoms with van der Waals surface area (Å²) in [6, 6.07) is 6.17. The number of aldehydes is 1. The molecule has 2 aliphatic carbocycles. The molecule has 1 aliphatic heterocycles. The van der Waals surface area contributed by atoms with E-state index in [1.54, 1.807) is 0 Å². The van der Waals surface area contributed by atoms with Gasteiger partial charge in [0, 0.05) is 35.3 Å². The molecule has 4 rings (SSSR count). The van der Waals surface area contributed by atoms with Crippen LogP contribution in [0.5, 0.6) is 0 Å². The van der Waals surface area contributed by atoms with Crippen LogP contribution in [0.4, 0.5) is 11.4 Å². The average molecular weight is 316 g/mol. The van der Waals surface area contributed by atoms with Crippen LogP contribution in [0.1, 0.15) is 55.3 Å². The second-order valence-corrected chi connectivity index (χ2v) is 8.26. The third-order valence-corrected chi connectivity index (χ3v) is 6.83. The van der Waals surface area contributed by atoms with Crippen LogP contribution in [0.15, 0.2) is 18.2 Å². The van der Waals surface area contributed by atoms with Gasteiger partial charge in [-0.3, -0.25) is 4.79 Å². The highest BCUT2D eigenvalue weighted by atomic mass is 32.2. The molecule has 1 aromatic carbocycles. The molecule has 0 bridgehead atoms. The molecule has 22 heavy (non-hydrogen) atoms. The highest BCUT2D eigenvalue weighted by Crippen LogP contribution is 2.54. The molecule has 3 aliphatic rings. The molecule has 118 valence electrons. The van der Waals surface area contributed by atoms with E-state index in [0.29, 0.717) is 5.41 Å². The van der Waals surface area contributed by atoms with Crippen molar-refractivity contribution in [3.8, 4) is 0 Å². The van der Waals surface area contributed by atoms with E-state index in [2.05, 4.69) is 15.7 Å². The molecule has 1 saturated heterocycles. The zero-order valence-corrected chi connectivity index (χ0v) is 13.8. The minimum atomic E-state index is 0.674. The van der Waals surface area contributed by atoms with Gasteiger partial charge in [0.2, 0.25) is 0 Å². The summed E-state index contributed by atoms with van der Waals surface area (Å²) in [5, 5.41) is 0.763. The smallest absolute Gasteiger partial charge is 0.152 e. The van der Waals surface area contributed by atoms with Gasteiger partial charge in [0.15, 0.2) is 6.29 Å². The van der Waals surface area contributed by atoms with Crippen LogP contribution in [-0.2, 0) is 0 Å². The highest BCUT2D eigenvalue weighted by Gasteiger charge is 2.44. The number of benzene rings is 1. The van der Waals surface area contributed by atoms with Crippen molar-refractivity contribution in [2.75, 3.05) is 22.7 Å². The fourth-order valence-corrected chi connectivity index (χ4v) is 4.52. The quantitative estimate of drug-likeness (QED) is 0.641. The van der Waals surface area contributed by atoms with E-state index in [4.69, 9.17) is 0 Å². The first-order valence-electron chi connectivity index (χ1n) is 8.54. The largest absolute Gasteiger partial charge is 0.371 e. The predicted octanol–water partition coefficient (Wildman–Crippen LogP) is 4.49. The van der Waals surface area contributed by atoms with E-state index in [1.807, 2.05) is 24.1 Å². The summed E-state index contributed by atoms with van der Waals surface area (Å²) in [4.78, 5) is 13.8. The van der Waals surface area contributed by atoms with Gasteiger partial charge >= 0.3 is 0 Å². The van der Waals surface area contributed by atoms with Gasteiger partial charge in [-0.05, 0) is 74.1 Å². The lowest BCUT2D eigenvalue weighted by molar-refractivity contribution is 0.112. The number of rotatable bonds is 5. The van der Waals surface area contributed by atoms with Crippen molar-refractivity contribution in [3.05, 3.63) is 23.8 Å². The van der Waals surface area contributed by atoms with Crippen molar-refractivity contribution in [1.29, 1.82) is 0 Å². The minimum Gasteiger partial charge on any atom is -0.371 e. The van der Waals surface area contributed by atoms with Crippen molar-refractivity contribution in [1.82, 2.24) is 0 Å². The Bertz CT molecular complexity index is 556. The molecule has 0 aromatic heterocycles. The number of carbonyl (C=O) groups excluding carboxylic acids is 1. The third kappa shape index (κ3) is 2.85.